The zero-order valence-electron chi connectivity index (χ0n) is 9.79. The van der Waals surface area contributed by atoms with Gasteiger partial charge in [-0.25, -0.2) is 13.1 Å². The van der Waals surface area contributed by atoms with Crippen molar-refractivity contribution in [2.24, 2.45) is 7.05 Å². The Bertz CT molecular complexity index is 616. The highest BCUT2D eigenvalue weighted by atomic mass is 32.2. The zero-order chi connectivity index (χ0) is 13.2. The normalized spacial score (nSPS) is 11.9. The SMILES string of the molecule is Cn1cc(S(=O)(=O)NCc2cn[nH]c2)cc1CO. The van der Waals surface area contributed by atoms with E-state index in [-0.39, 0.29) is 18.0 Å². The molecule has 2 aromatic rings. The van der Waals surface area contributed by atoms with E-state index in [1.807, 2.05) is 0 Å². The van der Waals surface area contributed by atoms with Crippen molar-refractivity contribution >= 4 is 10.0 Å². The van der Waals surface area contributed by atoms with Crippen molar-refractivity contribution < 1.29 is 13.5 Å². The first-order chi connectivity index (χ1) is 8.53. The molecule has 18 heavy (non-hydrogen) atoms. The molecule has 98 valence electrons. The van der Waals surface area contributed by atoms with Gasteiger partial charge in [-0.15, -0.1) is 0 Å². The highest BCUT2D eigenvalue weighted by Gasteiger charge is 2.17. The lowest BCUT2D eigenvalue weighted by Crippen LogP contribution is -2.22. The summed E-state index contributed by atoms with van der Waals surface area (Å²) in [6.07, 6.45) is 4.63. The maximum absolute atomic E-state index is 12.0. The lowest BCUT2D eigenvalue weighted by atomic mass is 10.4. The molecule has 0 aliphatic rings. The smallest absolute Gasteiger partial charge is 0.242 e. The molecule has 0 atom stereocenters. The van der Waals surface area contributed by atoms with E-state index >= 15 is 0 Å². The van der Waals surface area contributed by atoms with E-state index < -0.39 is 10.0 Å². The number of rotatable bonds is 5. The molecule has 0 spiro atoms. The molecule has 2 heterocycles. The van der Waals surface area contributed by atoms with Gasteiger partial charge in [-0.2, -0.15) is 5.10 Å². The van der Waals surface area contributed by atoms with E-state index in [0.717, 1.165) is 5.56 Å². The highest BCUT2D eigenvalue weighted by Crippen LogP contribution is 2.13. The summed E-state index contributed by atoms with van der Waals surface area (Å²) in [5.74, 6) is 0. The van der Waals surface area contributed by atoms with Crippen LogP contribution in [0.15, 0.2) is 29.6 Å². The minimum Gasteiger partial charge on any atom is -0.390 e. The molecule has 2 rings (SSSR count). The molecule has 2 aromatic heterocycles. The van der Waals surface area contributed by atoms with Gasteiger partial charge in [0.15, 0.2) is 0 Å². The van der Waals surface area contributed by atoms with Gasteiger partial charge in [-0.05, 0) is 6.07 Å². The van der Waals surface area contributed by atoms with Gasteiger partial charge in [0, 0.05) is 37.2 Å². The monoisotopic (exact) mass is 270 g/mol. The van der Waals surface area contributed by atoms with E-state index in [2.05, 4.69) is 14.9 Å². The number of nitrogens with zero attached hydrogens (tertiary/aromatic N) is 2. The second-order valence-corrected chi connectivity index (χ2v) is 5.63. The molecule has 0 aliphatic carbocycles. The van der Waals surface area contributed by atoms with E-state index in [1.54, 1.807) is 24.0 Å². The first-order valence-electron chi connectivity index (χ1n) is 5.26. The van der Waals surface area contributed by atoms with Crippen LogP contribution in [0.3, 0.4) is 0 Å². The number of nitrogens with one attached hydrogen (secondary N) is 2. The predicted octanol–water partition coefficient (Wildman–Crippen LogP) is -0.281. The Kier molecular flexibility index (Phi) is 3.50. The third-order valence-electron chi connectivity index (χ3n) is 2.58. The van der Waals surface area contributed by atoms with E-state index in [1.165, 1.54) is 12.3 Å². The lowest BCUT2D eigenvalue weighted by Gasteiger charge is -2.02. The van der Waals surface area contributed by atoms with Gasteiger partial charge in [0.2, 0.25) is 10.0 Å². The highest BCUT2D eigenvalue weighted by molar-refractivity contribution is 7.89. The summed E-state index contributed by atoms with van der Waals surface area (Å²) >= 11 is 0. The Labute approximate surface area is 105 Å². The molecule has 0 saturated heterocycles. The number of H-pyrrole nitrogens is 1. The maximum Gasteiger partial charge on any atom is 0.242 e. The third-order valence-corrected chi connectivity index (χ3v) is 3.94. The summed E-state index contributed by atoms with van der Waals surface area (Å²) in [5.41, 5.74) is 1.29. The number of sulfonamides is 1. The Morgan fingerprint density at radius 2 is 2.33 bits per heavy atom. The van der Waals surface area contributed by atoms with E-state index in [9.17, 15) is 8.42 Å². The largest absolute Gasteiger partial charge is 0.390 e. The van der Waals surface area contributed by atoms with Gasteiger partial charge in [-0.3, -0.25) is 5.10 Å². The number of aromatic nitrogens is 3. The van der Waals surface area contributed by atoms with Crippen LogP contribution < -0.4 is 4.72 Å². The van der Waals surface area contributed by atoms with Crippen molar-refractivity contribution in [2.75, 3.05) is 0 Å². The molecule has 8 heteroatoms. The summed E-state index contributed by atoms with van der Waals surface area (Å²) < 4.78 is 28.0. The standard InChI is InChI=1S/C10H14N4O3S/c1-14-6-10(2-9(14)7-15)18(16,17)13-5-8-3-11-12-4-8/h2-4,6,13,15H,5,7H2,1H3,(H,11,12). The fourth-order valence-electron chi connectivity index (χ4n) is 1.52. The Morgan fingerprint density at radius 3 is 2.89 bits per heavy atom. The van der Waals surface area contributed by atoms with Gasteiger partial charge in [-0.1, -0.05) is 0 Å². The van der Waals surface area contributed by atoms with Gasteiger partial charge in [0.1, 0.15) is 0 Å². The van der Waals surface area contributed by atoms with Crippen LogP contribution in [0.4, 0.5) is 0 Å². The van der Waals surface area contributed by atoms with Gasteiger partial charge in [0.25, 0.3) is 0 Å². The molecule has 0 saturated carbocycles. The molecule has 0 radical (unpaired) electrons. The topological polar surface area (TPSA) is 100 Å². The molecule has 0 unspecified atom stereocenters. The molecule has 3 N–H and O–H groups in total. The maximum atomic E-state index is 12.0. The first-order valence-corrected chi connectivity index (χ1v) is 6.74. The summed E-state index contributed by atoms with van der Waals surface area (Å²) in [5, 5.41) is 15.4. The van der Waals surface area contributed by atoms with Crippen molar-refractivity contribution in [3.05, 3.63) is 35.9 Å². The number of aliphatic hydroxyl groups is 1. The van der Waals surface area contributed by atoms with Crippen LogP contribution in [0.25, 0.3) is 0 Å². The molecule has 0 fully saturated rings. The average molecular weight is 270 g/mol. The number of aromatic amines is 1. The molecular weight excluding hydrogens is 256 g/mol. The number of aryl methyl sites for hydroxylation is 1. The van der Waals surface area contributed by atoms with Crippen molar-refractivity contribution in [3.8, 4) is 0 Å². The van der Waals surface area contributed by atoms with Gasteiger partial charge < -0.3 is 9.67 Å². The second-order valence-electron chi connectivity index (χ2n) is 3.87. The van der Waals surface area contributed by atoms with Crippen LogP contribution in [0.5, 0.6) is 0 Å². The Morgan fingerprint density at radius 1 is 1.56 bits per heavy atom. The zero-order valence-corrected chi connectivity index (χ0v) is 10.6. The number of hydrogen-bond donors (Lipinski definition) is 3. The minimum atomic E-state index is -3.57. The van der Waals surface area contributed by atoms with Crippen molar-refractivity contribution in [2.45, 2.75) is 18.0 Å². The molecular formula is C10H14N4O3S. The van der Waals surface area contributed by atoms with E-state index in [4.69, 9.17) is 5.11 Å². The van der Waals surface area contributed by atoms with Crippen LogP contribution in [0, 0.1) is 0 Å². The summed E-state index contributed by atoms with van der Waals surface area (Å²) in [6, 6.07) is 1.44. The quantitative estimate of drug-likeness (QED) is 0.695. The van der Waals surface area contributed by atoms with Crippen molar-refractivity contribution in [3.63, 3.8) is 0 Å². The fourth-order valence-corrected chi connectivity index (χ4v) is 2.63. The number of hydrogen-bond acceptors (Lipinski definition) is 4. The molecule has 7 nitrogen and oxygen atoms in total. The molecule has 0 aromatic carbocycles. The van der Waals surface area contributed by atoms with E-state index in [0.29, 0.717) is 5.69 Å². The molecule has 0 aliphatic heterocycles. The average Bonchev–Trinajstić information content (AvgIpc) is 2.95. The molecule has 0 bridgehead atoms. The first kappa shape index (κ1) is 12.8. The predicted molar refractivity (Wildman–Crippen MR) is 63.9 cm³/mol. The fraction of sp³-hybridized carbons (Fsp3) is 0.300. The Balaban J connectivity index is 2.14. The Hall–Kier alpha value is -1.64. The van der Waals surface area contributed by atoms with Gasteiger partial charge >= 0.3 is 0 Å². The third kappa shape index (κ3) is 2.61. The van der Waals surface area contributed by atoms with Gasteiger partial charge in [0.05, 0.1) is 17.7 Å². The van der Waals surface area contributed by atoms with Crippen LogP contribution in [-0.2, 0) is 30.2 Å². The summed E-state index contributed by atoms with van der Waals surface area (Å²) in [4.78, 5) is 0.137. The van der Waals surface area contributed by atoms with Crippen molar-refractivity contribution in [1.29, 1.82) is 0 Å². The molecule has 0 amide bonds. The summed E-state index contributed by atoms with van der Waals surface area (Å²) in [6.45, 7) is -0.0318. The van der Waals surface area contributed by atoms with Crippen LogP contribution in [0.2, 0.25) is 0 Å². The lowest BCUT2D eigenvalue weighted by molar-refractivity contribution is 0.272. The van der Waals surface area contributed by atoms with Crippen molar-refractivity contribution in [1.82, 2.24) is 19.5 Å². The minimum absolute atomic E-state index is 0.137. The van der Waals surface area contributed by atoms with Crippen LogP contribution >= 0.6 is 0 Å². The van der Waals surface area contributed by atoms with Crippen LogP contribution in [-0.4, -0.2) is 28.3 Å². The summed E-state index contributed by atoms with van der Waals surface area (Å²) in [7, 11) is -1.89. The van der Waals surface area contributed by atoms with Crippen LogP contribution in [0.1, 0.15) is 11.3 Å². The number of aliphatic hydroxyl groups excluding tert-OH is 1. The second kappa shape index (κ2) is 4.92.